The van der Waals surface area contributed by atoms with E-state index in [9.17, 15) is 9.59 Å². The van der Waals surface area contributed by atoms with E-state index in [2.05, 4.69) is 10.4 Å². The lowest BCUT2D eigenvalue weighted by Crippen LogP contribution is -2.31. The highest BCUT2D eigenvalue weighted by molar-refractivity contribution is 5.95. The van der Waals surface area contributed by atoms with Crippen molar-refractivity contribution < 1.29 is 14.7 Å². The fourth-order valence-corrected chi connectivity index (χ4v) is 2.29. The third-order valence-corrected chi connectivity index (χ3v) is 3.69. The molecule has 1 aromatic carbocycles. The maximum Gasteiger partial charge on any atom is 0.308 e. The van der Waals surface area contributed by atoms with Gasteiger partial charge in [0, 0.05) is 6.54 Å². The van der Waals surface area contributed by atoms with E-state index in [1.54, 1.807) is 13.1 Å². The van der Waals surface area contributed by atoms with Crippen molar-refractivity contribution in [1.82, 2.24) is 15.1 Å². The van der Waals surface area contributed by atoms with Crippen LogP contribution in [-0.2, 0) is 17.8 Å². The van der Waals surface area contributed by atoms with E-state index in [4.69, 9.17) is 5.11 Å². The van der Waals surface area contributed by atoms with Crippen molar-refractivity contribution in [3.8, 4) is 0 Å². The molecule has 0 radical (unpaired) electrons. The van der Waals surface area contributed by atoms with Crippen molar-refractivity contribution in [2.75, 3.05) is 6.54 Å². The number of hydrogen-bond acceptors (Lipinski definition) is 3. The first-order valence-electron chi connectivity index (χ1n) is 7.62. The van der Waals surface area contributed by atoms with Crippen LogP contribution in [0.15, 0.2) is 36.5 Å². The van der Waals surface area contributed by atoms with E-state index >= 15 is 0 Å². The number of hydrogen-bond donors (Lipinski definition) is 2. The fourth-order valence-electron chi connectivity index (χ4n) is 2.29. The third kappa shape index (κ3) is 4.18. The van der Waals surface area contributed by atoms with Crippen LogP contribution < -0.4 is 5.32 Å². The van der Waals surface area contributed by atoms with Gasteiger partial charge in [0.2, 0.25) is 0 Å². The molecule has 0 saturated heterocycles. The number of carbonyl (C=O) groups excluding carboxylic acids is 1. The van der Waals surface area contributed by atoms with Gasteiger partial charge in [0.1, 0.15) is 0 Å². The van der Waals surface area contributed by atoms with Gasteiger partial charge >= 0.3 is 5.97 Å². The van der Waals surface area contributed by atoms with Crippen molar-refractivity contribution in [1.29, 1.82) is 0 Å². The molecule has 1 atom stereocenters. The number of carboxylic acid groups (broad SMARTS) is 1. The zero-order valence-corrected chi connectivity index (χ0v) is 13.3. The largest absolute Gasteiger partial charge is 0.481 e. The Morgan fingerprint density at radius 3 is 2.61 bits per heavy atom. The molecule has 0 aliphatic rings. The monoisotopic (exact) mass is 315 g/mol. The number of amides is 1. The second-order valence-corrected chi connectivity index (χ2v) is 5.45. The first-order valence-corrected chi connectivity index (χ1v) is 7.62. The average Bonchev–Trinajstić information content (AvgIpc) is 2.95. The van der Waals surface area contributed by atoms with Crippen LogP contribution in [0.1, 0.15) is 35.5 Å². The predicted octanol–water partition coefficient (Wildman–Crippen LogP) is 1.94. The van der Waals surface area contributed by atoms with Gasteiger partial charge in [0.05, 0.1) is 29.9 Å². The summed E-state index contributed by atoms with van der Waals surface area (Å²) in [6.45, 7) is 4.22. The Balaban J connectivity index is 2.11. The maximum absolute atomic E-state index is 12.3. The molecule has 6 heteroatoms. The van der Waals surface area contributed by atoms with Crippen LogP contribution in [0.3, 0.4) is 0 Å². The summed E-state index contributed by atoms with van der Waals surface area (Å²) in [5.74, 6) is -1.83. The van der Waals surface area contributed by atoms with Crippen LogP contribution in [-0.4, -0.2) is 33.3 Å². The normalized spacial score (nSPS) is 11.9. The molecule has 2 N–H and O–H groups in total. The Labute approximate surface area is 135 Å². The third-order valence-electron chi connectivity index (χ3n) is 3.69. The minimum atomic E-state index is -0.930. The molecule has 2 aromatic rings. The molecule has 122 valence electrons. The minimum Gasteiger partial charge on any atom is -0.481 e. The summed E-state index contributed by atoms with van der Waals surface area (Å²) in [6, 6.07) is 9.90. The zero-order chi connectivity index (χ0) is 16.8. The molecule has 0 spiro atoms. The Morgan fingerprint density at radius 1 is 1.30 bits per heavy atom. The molecular weight excluding hydrogens is 294 g/mol. The van der Waals surface area contributed by atoms with Crippen molar-refractivity contribution in [3.63, 3.8) is 0 Å². The summed E-state index contributed by atoms with van der Waals surface area (Å²) in [7, 11) is 0. The summed E-state index contributed by atoms with van der Waals surface area (Å²) in [4.78, 5) is 23.1. The molecule has 2 rings (SSSR count). The molecule has 6 nitrogen and oxygen atoms in total. The minimum absolute atomic E-state index is 0.0984. The summed E-state index contributed by atoms with van der Waals surface area (Å²) < 4.78 is 1.81. The number of carboxylic acids is 1. The highest BCUT2D eigenvalue weighted by atomic mass is 16.4. The second kappa shape index (κ2) is 7.58. The van der Waals surface area contributed by atoms with E-state index in [1.165, 1.54) is 0 Å². The summed E-state index contributed by atoms with van der Waals surface area (Å²) in [5, 5.41) is 15.8. The van der Waals surface area contributed by atoms with Crippen molar-refractivity contribution in [2.24, 2.45) is 5.92 Å². The predicted molar refractivity (Wildman–Crippen MR) is 86.3 cm³/mol. The standard InChI is InChI=1S/C17H21N3O3/c1-3-15-14(16(21)18-9-12(2)17(22)23)10-19-20(15)11-13-7-5-4-6-8-13/h4-8,10,12H,3,9,11H2,1-2H3,(H,18,21)(H,22,23). The Bertz CT molecular complexity index is 680. The van der Waals surface area contributed by atoms with Crippen molar-refractivity contribution in [3.05, 3.63) is 53.3 Å². The van der Waals surface area contributed by atoms with Crippen LogP contribution in [0.5, 0.6) is 0 Å². The van der Waals surface area contributed by atoms with Gasteiger partial charge in [-0.25, -0.2) is 0 Å². The van der Waals surface area contributed by atoms with Gasteiger partial charge in [0.25, 0.3) is 5.91 Å². The topological polar surface area (TPSA) is 84.2 Å². The number of nitrogens with one attached hydrogen (secondary N) is 1. The quantitative estimate of drug-likeness (QED) is 0.818. The zero-order valence-electron chi connectivity index (χ0n) is 13.3. The van der Waals surface area contributed by atoms with Crippen molar-refractivity contribution in [2.45, 2.75) is 26.8 Å². The van der Waals surface area contributed by atoms with E-state index in [-0.39, 0.29) is 12.5 Å². The molecule has 1 heterocycles. The summed E-state index contributed by atoms with van der Waals surface area (Å²) in [6.07, 6.45) is 2.21. The van der Waals surface area contributed by atoms with Crippen molar-refractivity contribution >= 4 is 11.9 Å². The molecule has 0 bridgehead atoms. The van der Waals surface area contributed by atoms with E-state index in [0.29, 0.717) is 18.5 Å². The lowest BCUT2D eigenvalue weighted by atomic mass is 10.1. The van der Waals surface area contributed by atoms with Crippen LogP contribution in [0.4, 0.5) is 0 Å². The Hall–Kier alpha value is -2.63. The summed E-state index contributed by atoms with van der Waals surface area (Å²) >= 11 is 0. The molecule has 0 saturated carbocycles. The lowest BCUT2D eigenvalue weighted by molar-refractivity contribution is -0.140. The molecule has 0 aliphatic heterocycles. The van der Waals surface area contributed by atoms with E-state index in [0.717, 1.165) is 11.3 Å². The van der Waals surface area contributed by atoms with E-state index < -0.39 is 11.9 Å². The number of benzene rings is 1. The fraction of sp³-hybridized carbons (Fsp3) is 0.353. The van der Waals surface area contributed by atoms with Gasteiger partial charge in [0.15, 0.2) is 0 Å². The maximum atomic E-state index is 12.3. The van der Waals surface area contributed by atoms with Gasteiger partial charge in [-0.1, -0.05) is 44.2 Å². The SMILES string of the molecule is CCc1c(C(=O)NCC(C)C(=O)O)cnn1Cc1ccccc1. The lowest BCUT2D eigenvalue weighted by Gasteiger charge is -2.10. The first kappa shape index (κ1) is 16.7. The molecule has 0 fully saturated rings. The van der Waals surface area contributed by atoms with Gasteiger partial charge in [-0.15, -0.1) is 0 Å². The average molecular weight is 315 g/mol. The summed E-state index contributed by atoms with van der Waals surface area (Å²) in [5.41, 5.74) is 2.45. The smallest absolute Gasteiger partial charge is 0.308 e. The number of rotatable bonds is 7. The number of aliphatic carboxylic acids is 1. The molecule has 0 aliphatic carbocycles. The first-order chi connectivity index (χ1) is 11.0. The van der Waals surface area contributed by atoms with Gasteiger partial charge in [-0.05, 0) is 12.0 Å². The molecule has 1 aromatic heterocycles. The Morgan fingerprint density at radius 2 is 2.00 bits per heavy atom. The number of nitrogens with zero attached hydrogens (tertiary/aromatic N) is 2. The molecule has 23 heavy (non-hydrogen) atoms. The van der Waals surface area contributed by atoms with E-state index in [1.807, 2.05) is 41.9 Å². The van der Waals surface area contributed by atoms with Gasteiger partial charge in [-0.2, -0.15) is 5.10 Å². The van der Waals surface area contributed by atoms with Gasteiger partial charge < -0.3 is 10.4 Å². The van der Waals surface area contributed by atoms with Crippen LogP contribution in [0.2, 0.25) is 0 Å². The van der Waals surface area contributed by atoms with Gasteiger partial charge in [-0.3, -0.25) is 14.3 Å². The highest BCUT2D eigenvalue weighted by Gasteiger charge is 2.18. The Kier molecular flexibility index (Phi) is 5.51. The van der Waals surface area contributed by atoms with Crippen LogP contribution in [0.25, 0.3) is 0 Å². The molecule has 1 unspecified atom stereocenters. The molecule has 1 amide bonds. The van der Waals surface area contributed by atoms with Crippen LogP contribution in [0, 0.1) is 5.92 Å². The van der Waals surface area contributed by atoms with Crippen LogP contribution >= 0.6 is 0 Å². The number of carbonyl (C=O) groups is 2. The highest BCUT2D eigenvalue weighted by Crippen LogP contribution is 2.12. The molecular formula is C17H21N3O3. The number of aromatic nitrogens is 2. The second-order valence-electron chi connectivity index (χ2n) is 5.45.